The summed E-state index contributed by atoms with van der Waals surface area (Å²) in [4.78, 5) is 3.77. The van der Waals surface area contributed by atoms with Gasteiger partial charge in [-0.15, -0.1) is 0 Å². The summed E-state index contributed by atoms with van der Waals surface area (Å²) in [6.07, 6.45) is -4.07. The lowest BCUT2D eigenvalue weighted by Crippen LogP contribution is -2.59. The molecule has 0 unspecified atom stereocenters. The van der Waals surface area contributed by atoms with Crippen molar-refractivity contribution < 1.29 is 13.2 Å². The van der Waals surface area contributed by atoms with Crippen molar-refractivity contribution in [3.05, 3.63) is 0 Å². The van der Waals surface area contributed by atoms with E-state index in [0.717, 1.165) is 26.2 Å². The molecule has 0 N–H and O–H groups in total. The van der Waals surface area contributed by atoms with Crippen molar-refractivity contribution in [2.45, 2.75) is 6.18 Å². The molecule has 2 saturated heterocycles. The van der Waals surface area contributed by atoms with Crippen LogP contribution in [0.2, 0.25) is 0 Å². The lowest BCUT2D eigenvalue weighted by Gasteiger charge is -2.44. The first-order valence-corrected chi connectivity index (χ1v) is 6.41. The molecule has 0 aliphatic carbocycles. The SMILES string of the molecule is CN1CCN(N2CCN(CC(F)(F)F)CC2)CC1. The maximum atomic E-state index is 12.3. The second-order valence-electron chi connectivity index (χ2n) is 5.10. The quantitative estimate of drug-likeness (QED) is 0.714. The van der Waals surface area contributed by atoms with Gasteiger partial charge in [0.15, 0.2) is 0 Å². The zero-order chi connectivity index (χ0) is 13.2. The lowest BCUT2D eigenvalue weighted by atomic mass is 10.3. The smallest absolute Gasteiger partial charge is 0.304 e. The molecular weight excluding hydrogens is 245 g/mol. The first-order chi connectivity index (χ1) is 8.44. The molecule has 2 aliphatic heterocycles. The Hall–Kier alpha value is -0.370. The van der Waals surface area contributed by atoms with Crippen LogP contribution in [0.1, 0.15) is 0 Å². The van der Waals surface area contributed by atoms with Crippen LogP contribution in [0, 0.1) is 0 Å². The topological polar surface area (TPSA) is 13.0 Å². The van der Waals surface area contributed by atoms with Gasteiger partial charge in [-0.2, -0.15) is 13.2 Å². The van der Waals surface area contributed by atoms with Crippen LogP contribution < -0.4 is 0 Å². The fraction of sp³-hybridized carbons (Fsp3) is 1.00. The molecule has 0 spiro atoms. The second-order valence-corrected chi connectivity index (χ2v) is 5.10. The third kappa shape index (κ3) is 4.08. The van der Waals surface area contributed by atoms with Crippen LogP contribution in [0.3, 0.4) is 0 Å². The number of hydrogen-bond acceptors (Lipinski definition) is 4. The zero-order valence-corrected chi connectivity index (χ0v) is 10.8. The molecule has 2 fully saturated rings. The van der Waals surface area contributed by atoms with Gasteiger partial charge in [-0.05, 0) is 7.05 Å². The van der Waals surface area contributed by atoms with Crippen molar-refractivity contribution in [3.63, 3.8) is 0 Å². The molecule has 4 nitrogen and oxygen atoms in total. The first kappa shape index (κ1) is 14.0. The molecule has 2 aliphatic rings. The minimum Gasteiger partial charge on any atom is -0.304 e. The molecule has 0 saturated carbocycles. The average molecular weight is 266 g/mol. The summed E-state index contributed by atoms with van der Waals surface area (Å²) in [5, 5.41) is 4.49. The standard InChI is InChI=1S/C11H21F3N4/c1-15-2-6-17(7-3-15)18-8-4-16(5-9-18)10-11(12,13)14/h2-10H2,1H3. The Morgan fingerprint density at radius 1 is 0.778 bits per heavy atom. The highest BCUT2D eigenvalue weighted by Gasteiger charge is 2.33. The molecule has 0 bridgehead atoms. The number of hydrazine groups is 1. The number of halogens is 3. The van der Waals surface area contributed by atoms with E-state index in [1.807, 2.05) is 0 Å². The van der Waals surface area contributed by atoms with E-state index in [1.165, 1.54) is 4.90 Å². The number of piperazine rings is 2. The predicted molar refractivity (Wildman–Crippen MR) is 63.1 cm³/mol. The molecule has 2 rings (SSSR count). The summed E-state index contributed by atoms with van der Waals surface area (Å²) < 4.78 is 36.8. The van der Waals surface area contributed by atoms with Crippen LogP contribution in [-0.2, 0) is 0 Å². The van der Waals surface area contributed by atoms with Crippen LogP contribution in [0.15, 0.2) is 0 Å². The average Bonchev–Trinajstić information content (AvgIpc) is 2.29. The Morgan fingerprint density at radius 3 is 1.67 bits per heavy atom. The van der Waals surface area contributed by atoms with Gasteiger partial charge in [-0.1, -0.05) is 0 Å². The first-order valence-electron chi connectivity index (χ1n) is 6.41. The molecule has 18 heavy (non-hydrogen) atoms. The molecule has 7 heteroatoms. The third-order valence-corrected chi connectivity index (χ3v) is 3.63. The lowest BCUT2D eigenvalue weighted by molar-refractivity contribution is -0.157. The highest BCUT2D eigenvalue weighted by Crippen LogP contribution is 2.18. The normalized spacial score (nSPS) is 26.7. The van der Waals surface area contributed by atoms with Crippen molar-refractivity contribution in [2.24, 2.45) is 0 Å². The summed E-state index contributed by atoms with van der Waals surface area (Å²) in [6, 6.07) is 0. The van der Waals surface area contributed by atoms with Gasteiger partial charge in [0.2, 0.25) is 0 Å². The number of hydrogen-bond donors (Lipinski definition) is 0. The Labute approximate surface area is 106 Å². The van der Waals surface area contributed by atoms with Crippen LogP contribution in [0.5, 0.6) is 0 Å². The van der Waals surface area contributed by atoms with Gasteiger partial charge in [0.25, 0.3) is 0 Å². The number of alkyl halides is 3. The van der Waals surface area contributed by atoms with Crippen LogP contribution >= 0.6 is 0 Å². The number of nitrogens with zero attached hydrogens (tertiary/aromatic N) is 4. The van der Waals surface area contributed by atoms with E-state index in [1.54, 1.807) is 0 Å². The van der Waals surface area contributed by atoms with Crippen molar-refractivity contribution in [1.29, 1.82) is 0 Å². The maximum Gasteiger partial charge on any atom is 0.401 e. The zero-order valence-electron chi connectivity index (χ0n) is 10.8. The highest BCUT2D eigenvalue weighted by molar-refractivity contribution is 4.75. The van der Waals surface area contributed by atoms with Crippen LogP contribution in [0.25, 0.3) is 0 Å². The van der Waals surface area contributed by atoms with Crippen LogP contribution in [-0.4, -0.2) is 91.9 Å². The number of rotatable bonds is 2. The summed E-state index contributed by atoms with van der Waals surface area (Å²) in [6.45, 7) is 5.68. The van der Waals surface area contributed by atoms with Gasteiger partial charge in [0.1, 0.15) is 0 Å². The molecule has 0 aromatic rings. The second kappa shape index (κ2) is 5.73. The fourth-order valence-electron chi connectivity index (χ4n) is 2.51. The summed E-state index contributed by atoms with van der Waals surface area (Å²) in [7, 11) is 2.10. The van der Waals surface area contributed by atoms with E-state index in [9.17, 15) is 13.2 Å². The summed E-state index contributed by atoms with van der Waals surface area (Å²) in [5.74, 6) is 0. The van der Waals surface area contributed by atoms with E-state index in [4.69, 9.17) is 0 Å². The molecule has 2 heterocycles. The summed E-state index contributed by atoms with van der Waals surface area (Å²) >= 11 is 0. The molecule has 0 radical (unpaired) electrons. The van der Waals surface area contributed by atoms with Gasteiger partial charge in [0, 0.05) is 52.4 Å². The van der Waals surface area contributed by atoms with E-state index >= 15 is 0 Å². The van der Waals surface area contributed by atoms with Gasteiger partial charge in [-0.25, -0.2) is 10.0 Å². The van der Waals surface area contributed by atoms with Gasteiger partial charge >= 0.3 is 6.18 Å². The van der Waals surface area contributed by atoms with E-state index < -0.39 is 12.7 Å². The van der Waals surface area contributed by atoms with Gasteiger partial charge in [0.05, 0.1) is 6.54 Å². The minimum atomic E-state index is -4.07. The van der Waals surface area contributed by atoms with Crippen molar-refractivity contribution in [1.82, 2.24) is 19.8 Å². The van der Waals surface area contributed by atoms with Crippen molar-refractivity contribution >= 4 is 0 Å². The Morgan fingerprint density at radius 2 is 1.22 bits per heavy atom. The molecule has 0 aromatic heterocycles. The maximum absolute atomic E-state index is 12.3. The molecule has 0 amide bonds. The van der Waals surface area contributed by atoms with Gasteiger partial charge < -0.3 is 4.90 Å². The fourth-order valence-corrected chi connectivity index (χ4v) is 2.51. The largest absolute Gasteiger partial charge is 0.401 e. The third-order valence-electron chi connectivity index (χ3n) is 3.63. The Bertz CT molecular complexity index is 256. The van der Waals surface area contributed by atoms with E-state index in [2.05, 4.69) is 22.0 Å². The summed E-state index contributed by atoms with van der Waals surface area (Å²) in [5.41, 5.74) is 0. The molecule has 0 aromatic carbocycles. The van der Waals surface area contributed by atoms with E-state index in [0.29, 0.717) is 26.2 Å². The molecule has 106 valence electrons. The Balaban J connectivity index is 1.73. The Kier molecular flexibility index (Phi) is 4.47. The van der Waals surface area contributed by atoms with Crippen molar-refractivity contribution in [3.8, 4) is 0 Å². The van der Waals surface area contributed by atoms with E-state index in [-0.39, 0.29) is 0 Å². The monoisotopic (exact) mass is 266 g/mol. The van der Waals surface area contributed by atoms with Crippen LogP contribution in [0.4, 0.5) is 13.2 Å². The highest BCUT2D eigenvalue weighted by atomic mass is 19.4. The van der Waals surface area contributed by atoms with Gasteiger partial charge in [-0.3, -0.25) is 4.90 Å². The number of likely N-dealkylation sites (N-methyl/N-ethyl adjacent to an activating group) is 1. The van der Waals surface area contributed by atoms with Crippen molar-refractivity contribution in [2.75, 3.05) is 66.0 Å². The molecule has 0 atom stereocenters. The molecular formula is C11H21F3N4. The predicted octanol–water partition coefficient (Wildman–Crippen LogP) is 0.329. The minimum absolute atomic E-state index is 0.506.